The van der Waals surface area contributed by atoms with Gasteiger partial charge < -0.3 is 4.98 Å². The van der Waals surface area contributed by atoms with Crippen LogP contribution in [0.25, 0.3) is 11.0 Å². The number of nitrogens with one attached hydrogen (secondary N) is 1. The van der Waals surface area contributed by atoms with Crippen LogP contribution in [0.15, 0.2) is 11.0 Å². The van der Waals surface area contributed by atoms with E-state index in [1.165, 1.54) is 6.20 Å². The summed E-state index contributed by atoms with van der Waals surface area (Å²) in [6.45, 7) is 0. The number of alkyl halides is 4. The highest BCUT2D eigenvalue weighted by atomic mass is 19.3. The monoisotopic (exact) mass is 386 g/mol. The van der Waals surface area contributed by atoms with Crippen LogP contribution in [0.1, 0.15) is 63.2 Å². The maximum absolute atomic E-state index is 13.4. The maximum atomic E-state index is 13.4. The van der Waals surface area contributed by atoms with Gasteiger partial charge in [-0.05, 0) is 31.6 Å². The number of aromatic nitrogens is 4. The zero-order chi connectivity index (χ0) is 19.2. The van der Waals surface area contributed by atoms with E-state index < -0.39 is 11.8 Å². The molecule has 0 amide bonds. The highest BCUT2D eigenvalue weighted by Crippen LogP contribution is 2.39. The summed E-state index contributed by atoms with van der Waals surface area (Å²) in [4.78, 5) is 19.6. The summed E-state index contributed by atoms with van der Waals surface area (Å²) in [5, 5.41) is 4.55. The van der Waals surface area contributed by atoms with Crippen molar-refractivity contribution < 1.29 is 17.6 Å². The van der Waals surface area contributed by atoms with Crippen molar-refractivity contribution >= 4 is 11.0 Å². The first-order chi connectivity index (χ1) is 12.7. The number of H-pyrrole nitrogens is 1. The number of rotatable bonds is 3. The molecule has 148 valence electrons. The van der Waals surface area contributed by atoms with Gasteiger partial charge in [-0.15, -0.1) is 0 Å². The van der Waals surface area contributed by atoms with Crippen molar-refractivity contribution in [3.8, 4) is 0 Å². The van der Waals surface area contributed by atoms with Gasteiger partial charge in [0, 0.05) is 32.1 Å². The molecule has 2 aliphatic carbocycles. The molecule has 0 aliphatic heterocycles. The van der Waals surface area contributed by atoms with Crippen LogP contribution in [0.4, 0.5) is 17.6 Å². The summed E-state index contributed by atoms with van der Waals surface area (Å²) >= 11 is 0. The van der Waals surface area contributed by atoms with E-state index in [0.29, 0.717) is 36.1 Å². The number of fused-ring (bicyclic) bond motifs is 1. The Morgan fingerprint density at radius 3 is 2.26 bits per heavy atom. The van der Waals surface area contributed by atoms with Crippen LogP contribution in [0, 0.1) is 5.92 Å². The highest BCUT2D eigenvalue weighted by Gasteiger charge is 2.37. The van der Waals surface area contributed by atoms with Gasteiger partial charge in [0.25, 0.3) is 5.56 Å². The SMILES string of the molecule is O=c1[nH]c(CC2CCC(F)(F)CC2)nc2c1cnn2C1CCC(F)(F)CC1. The van der Waals surface area contributed by atoms with Crippen LogP contribution >= 0.6 is 0 Å². The maximum Gasteiger partial charge on any atom is 0.262 e. The molecule has 0 unspecified atom stereocenters. The molecule has 2 aliphatic rings. The van der Waals surface area contributed by atoms with Crippen LogP contribution in [-0.2, 0) is 6.42 Å². The Morgan fingerprint density at radius 2 is 1.63 bits per heavy atom. The van der Waals surface area contributed by atoms with Gasteiger partial charge in [-0.3, -0.25) is 4.79 Å². The van der Waals surface area contributed by atoms with Gasteiger partial charge >= 0.3 is 0 Å². The standard InChI is InChI=1S/C18H22F4N4O/c19-17(20)5-1-11(2-6-17)9-14-24-15-13(16(27)25-14)10-23-26(15)12-3-7-18(21,22)8-4-12/h10-12H,1-9H2,(H,24,25,27). The van der Waals surface area contributed by atoms with Crippen LogP contribution < -0.4 is 5.56 Å². The minimum atomic E-state index is -2.64. The van der Waals surface area contributed by atoms with Crippen LogP contribution in [-0.4, -0.2) is 31.6 Å². The second-order valence-electron chi connectivity index (χ2n) is 7.93. The minimum absolute atomic E-state index is 0.0509. The molecule has 0 spiro atoms. The molecule has 2 heterocycles. The van der Waals surface area contributed by atoms with Gasteiger partial charge in [0.1, 0.15) is 11.2 Å². The molecule has 2 aromatic rings. The van der Waals surface area contributed by atoms with Crippen LogP contribution in [0.2, 0.25) is 0 Å². The van der Waals surface area contributed by atoms with Crippen molar-refractivity contribution in [1.29, 1.82) is 0 Å². The van der Waals surface area contributed by atoms with Crippen molar-refractivity contribution in [3.63, 3.8) is 0 Å². The predicted molar refractivity (Wildman–Crippen MR) is 91.2 cm³/mol. The number of aromatic amines is 1. The van der Waals surface area contributed by atoms with E-state index in [4.69, 9.17) is 0 Å². The third-order valence-corrected chi connectivity index (χ3v) is 5.86. The van der Waals surface area contributed by atoms with E-state index in [2.05, 4.69) is 15.1 Å². The Hall–Kier alpha value is -1.93. The molecule has 1 N–H and O–H groups in total. The summed E-state index contributed by atoms with van der Waals surface area (Å²) < 4.78 is 55.1. The molecule has 2 aromatic heterocycles. The van der Waals surface area contributed by atoms with Crippen molar-refractivity contribution in [2.45, 2.75) is 75.7 Å². The van der Waals surface area contributed by atoms with E-state index in [-0.39, 0.29) is 56.0 Å². The second-order valence-corrected chi connectivity index (χ2v) is 7.93. The fraction of sp³-hybridized carbons (Fsp3) is 0.722. The van der Waals surface area contributed by atoms with Crippen LogP contribution in [0.5, 0.6) is 0 Å². The molecule has 5 nitrogen and oxygen atoms in total. The zero-order valence-corrected chi connectivity index (χ0v) is 14.9. The van der Waals surface area contributed by atoms with E-state index >= 15 is 0 Å². The van der Waals surface area contributed by atoms with Crippen molar-refractivity contribution in [3.05, 3.63) is 22.4 Å². The van der Waals surface area contributed by atoms with Gasteiger partial charge in [-0.1, -0.05) is 0 Å². The molecule has 2 fully saturated rings. The summed E-state index contributed by atoms with van der Waals surface area (Å²) in [5.74, 6) is -4.73. The molecule has 27 heavy (non-hydrogen) atoms. The minimum Gasteiger partial charge on any atom is -0.310 e. The lowest BCUT2D eigenvalue weighted by molar-refractivity contribution is -0.0459. The topological polar surface area (TPSA) is 63.6 Å². The average molecular weight is 386 g/mol. The first-order valence-corrected chi connectivity index (χ1v) is 9.44. The summed E-state index contributed by atoms with van der Waals surface area (Å²) in [7, 11) is 0. The van der Waals surface area contributed by atoms with E-state index in [1.54, 1.807) is 4.68 Å². The molecule has 0 aromatic carbocycles. The van der Waals surface area contributed by atoms with E-state index in [0.717, 1.165) is 0 Å². The zero-order valence-electron chi connectivity index (χ0n) is 14.9. The Balaban J connectivity index is 1.56. The molecule has 4 rings (SSSR count). The van der Waals surface area contributed by atoms with Gasteiger partial charge in [0.05, 0.1) is 12.2 Å². The quantitative estimate of drug-likeness (QED) is 0.803. The molecule has 0 saturated heterocycles. The lowest BCUT2D eigenvalue weighted by Crippen LogP contribution is -2.27. The third-order valence-electron chi connectivity index (χ3n) is 5.86. The summed E-state index contributed by atoms with van der Waals surface area (Å²) in [5.41, 5.74) is 0.0636. The number of halogens is 4. The van der Waals surface area contributed by atoms with Gasteiger partial charge in [0.2, 0.25) is 11.8 Å². The molecule has 0 radical (unpaired) electrons. The summed E-state index contributed by atoms with van der Waals surface area (Å²) in [6.07, 6.45) is 2.51. The molecular formula is C18H22F4N4O. The van der Waals surface area contributed by atoms with Crippen molar-refractivity contribution in [1.82, 2.24) is 19.7 Å². The Labute approximate surface area is 153 Å². The molecule has 9 heteroatoms. The number of nitrogens with zero attached hydrogens (tertiary/aromatic N) is 3. The van der Waals surface area contributed by atoms with Crippen molar-refractivity contribution in [2.24, 2.45) is 5.92 Å². The van der Waals surface area contributed by atoms with Crippen LogP contribution in [0.3, 0.4) is 0 Å². The third kappa shape index (κ3) is 3.87. The normalized spacial score (nSPS) is 23.7. The van der Waals surface area contributed by atoms with E-state index in [1.807, 2.05) is 0 Å². The molecule has 2 saturated carbocycles. The first kappa shape index (κ1) is 18.4. The smallest absolute Gasteiger partial charge is 0.262 e. The Morgan fingerprint density at radius 1 is 1.04 bits per heavy atom. The molecule has 0 bridgehead atoms. The van der Waals surface area contributed by atoms with Crippen molar-refractivity contribution in [2.75, 3.05) is 0 Å². The molecular weight excluding hydrogens is 364 g/mol. The second kappa shape index (κ2) is 6.60. The fourth-order valence-electron chi connectivity index (χ4n) is 4.19. The fourth-order valence-corrected chi connectivity index (χ4v) is 4.19. The van der Waals surface area contributed by atoms with Gasteiger partial charge in [-0.25, -0.2) is 27.2 Å². The highest BCUT2D eigenvalue weighted by molar-refractivity contribution is 5.73. The Kier molecular flexibility index (Phi) is 4.50. The largest absolute Gasteiger partial charge is 0.310 e. The lowest BCUT2D eigenvalue weighted by atomic mass is 9.84. The first-order valence-electron chi connectivity index (χ1n) is 9.44. The average Bonchev–Trinajstić information content (AvgIpc) is 3.01. The van der Waals surface area contributed by atoms with E-state index in [9.17, 15) is 22.4 Å². The van der Waals surface area contributed by atoms with Gasteiger partial charge in [0.15, 0.2) is 5.65 Å². The predicted octanol–water partition coefficient (Wildman–Crippen LogP) is 4.24. The summed E-state index contributed by atoms with van der Waals surface area (Å²) in [6, 6.07) is -0.211. The Bertz CT molecular complexity index is 871. The number of hydrogen-bond donors (Lipinski definition) is 1. The molecule has 0 atom stereocenters. The lowest BCUT2D eigenvalue weighted by Gasteiger charge is -2.28. The number of hydrogen-bond acceptors (Lipinski definition) is 3. The van der Waals surface area contributed by atoms with Gasteiger partial charge in [-0.2, -0.15) is 5.10 Å².